The molecule has 0 aliphatic carbocycles. The van der Waals surface area contributed by atoms with Gasteiger partial charge in [0.15, 0.2) is 11.6 Å². The zero-order chi connectivity index (χ0) is 11.6. The molecule has 6 heteroatoms. The normalized spacial score (nSPS) is 12.3. The largest absolute Gasteiger partial charge is 0.468 e. The maximum Gasteiger partial charge on any atom is 0.327 e. The Hall–Kier alpha value is -1.56. The van der Waals surface area contributed by atoms with E-state index in [1.165, 1.54) is 0 Å². The fourth-order valence-electron chi connectivity index (χ4n) is 1.06. The van der Waals surface area contributed by atoms with E-state index in [1.807, 2.05) is 0 Å². The van der Waals surface area contributed by atoms with Crippen molar-refractivity contribution in [2.24, 2.45) is 5.73 Å². The molecule has 0 heterocycles. The second-order valence-corrected chi connectivity index (χ2v) is 2.79. The molecule has 1 rings (SSSR count). The van der Waals surface area contributed by atoms with E-state index in [4.69, 9.17) is 5.73 Å². The van der Waals surface area contributed by atoms with Crippen LogP contribution in [0.3, 0.4) is 0 Å². The van der Waals surface area contributed by atoms with E-state index in [-0.39, 0.29) is 0 Å². The van der Waals surface area contributed by atoms with Gasteiger partial charge in [0.05, 0.1) is 7.11 Å². The van der Waals surface area contributed by atoms with Gasteiger partial charge in [-0.2, -0.15) is 0 Å². The minimum Gasteiger partial charge on any atom is -0.468 e. The summed E-state index contributed by atoms with van der Waals surface area (Å²) in [7, 11) is 1.04. The summed E-state index contributed by atoms with van der Waals surface area (Å²) in [5, 5.41) is 0. The highest BCUT2D eigenvalue weighted by atomic mass is 19.2. The molecule has 2 N–H and O–H groups in total. The van der Waals surface area contributed by atoms with Gasteiger partial charge in [0.25, 0.3) is 0 Å². The average Bonchev–Trinajstić information content (AvgIpc) is 2.21. The highest BCUT2D eigenvalue weighted by Crippen LogP contribution is 2.20. The highest BCUT2D eigenvalue weighted by Gasteiger charge is 2.23. The Labute approximate surface area is 83.6 Å². The van der Waals surface area contributed by atoms with Crippen molar-refractivity contribution in [2.75, 3.05) is 7.11 Å². The van der Waals surface area contributed by atoms with Gasteiger partial charge in [-0.3, -0.25) is 4.79 Å². The van der Waals surface area contributed by atoms with E-state index in [9.17, 15) is 18.0 Å². The number of hydrogen-bond donors (Lipinski definition) is 1. The van der Waals surface area contributed by atoms with Crippen LogP contribution >= 0.6 is 0 Å². The molecule has 15 heavy (non-hydrogen) atoms. The molecule has 3 nitrogen and oxygen atoms in total. The second kappa shape index (κ2) is 4.31. The number of carbonyl (C=O) groups is 1. The first-order chi connectivity index (χ1) is 6.97. The molecule has 0 unspecified atom stereocenters. The molecule has 0 fully saturated rings. The van der Waals surface area contributed by atoms with Crippen LogP contribution in [0.5, 0.6) is 0 Å². The van der Waals surface area contributed by atoms with Gasteiger partial charge in [-0.1, -0.05) is 0 Å². The lowest BCUT2D eigenvalue weighted by Crippen LogP contribution is -2.24. The third kappa shape index (κ3) is 2.27. The molecule has 0 aromatic heterocycles. The second-order valence-electron chi connectivity index (χ2n) is 2.79. The Balaban J connectivity index is 3.19. The van der Waals surface area contributed by atoms with E-state index in [2.05, 4.69) is 4.74 Å². The maximum absolute atomic E-state index is 13.1. The molecule has 0 radical (unpaired) electrons. The molecule has 1 atom stereocenters. The Morgan fingerprint density at radius 1 is 1.40 bits per heavy atom. The number of nitrogens with two attached hydrogens (primary N) is 1. The minimum absolute atomic E-state index is 0.364. The molecular formula is C9H8F3NO2. The van der Waals surface area contributed by atoms with Crippen molar-refractivity contribution in [1.82, 2.24) is 0 Å². The summed E-state index contributed by atoms with van der Waals surface area (Å²) >= 11 is 0. The SMILES string of the molecule is COC(=O)[C@H](N)c1cc(F)cc(F)c1F. The van der Waals surface area contributed by atoms with Gasteiger partial charge in [-0.15, -0.1) is 0 Å². The number of benzene rings is 1. The molecule has 0 aliphatic heterocycles. The topological polar surface area (TPSA) is 52.3 Å². The third-order valence-corrected chi connectivity index (χ3v) is 1.81. The quantitative estimate of drug-likeness (QED) is 0.602. The van der Waals surface area contributed by atoms with Crippen LogP contribution in [0.2, 0.25) is 0 Å². The standard InChI is InChI=1S/C9H8F3NO2/c1-15-9(14)8(13)5-2-4(10)3-6(11)7(5)12/h2-3,8H,13H2,1H3/t8-/m1/s1. The predicted octanol–water partition coefficient (Wildman–Crippen LogP) is 1.28. The van der Waals surface area contributed by atoms with Crippen LogP contribution in [0.25, 0.3) is 0 Å². The molecule has 1 aromatic rings. The van der Waals surface area contributed by atoms with Crippen molar-refractivity contribution >= 4 is 5.97 Å². The molecule has 0 spiro atoms. The lowest BCUT2D eigenvalue weighted by Gasteiger charge is -2.10. The number of ether oxygens (including phenoxy) is 1. The first kappa shape index (κ1) is 11.5. The van der Waals surface area contributed by atoms with Crippen LogP contribution in [-0.4, -0.2) is 13.1 Å². The lowest BCUT2D eigenvalue weighted by atomic mass is 10.1. The van der Waals surface area contributed by atoms with Crippen LogP contribution < -0.4 is 5.73 Å². The van der Waals surface area contributed by atoms with Crippen molar-refractivity contribution in [3.05, 3.63) is 35.1 Å². The molecule has 0 amide bonds. The van der Waals surface area contributed by atoms with Crippen molar-refractivity contribution in [3.8, 4) is 0 Å². The first-order valence-corrected chi connectivity index (χ1v) is 3.95. The molecule has 0 aliphatic rings. The lowest BCUT2D eigenvalue weighted by molar-refractivity contribution is -0.142. The number of hydrogen-bond acceptors (Lipinski definition) is 3. The van der Waals surface area contributed by atoms with Gasteiger partial charge in [0, 0.05) is 11.6 Å². The molecule has 82 valence electrons. The highest BCUT2D eigenvalue weighted by molar-refractivity contribution is 5.77. The number of carbonyl (C=O) groups excluding carboxylic acids is 1. The van der Waals surface area contributed by atoms with Crippen LogP contribution in [0, 0.1) is 17.5 Å². The minimum atomic E-state index is -1.54. The smallest absolute Gasteiger partial charge is 0.327 e. The Kier molecular flexibility index (Phi) is 3.31. The number of methoxy groups -OCH3 is 1. The fourth-order valence-corrected chi connectivity index (χ4v) is 1.06. The van der Waals surface area contributed by atoms with Crippen LogP contribution in [0.1, 0.15) is 11.6 Å². The zero-order valence-corrected chi connectivity index (χ0v) is 7.76. The van der Waals surface area contributed by atoms with Gasteiger partial charge < -0.3 is 10.5 Å². The fraction of sp³-hybridized carbons (Fsp3) is 0.222. The number of halogens is 3. The first-order valence-electron chi connectivity index (χ1n) is 3.95. The Morgan fingerprint density at radius 2 is 2.00 bits per heavy atom. The maximum atomic E-state index is 13.1. The molecular weight excluding hydrogens is 211 g/mol. The van der Waals surface area contributed by atoms with E-state index in [0.717, 1.165) is 7.11 Å². The average molecular weight is 219 g/mol. The van der Waals surface area contributed by atoms with Crippen LogP contribution in [-0.2, 0) is 9.53 Å². The van der Waals surface area contributed by atoms with Crippen LogP contribution in [0.15, 0.2) is 12.1 Å². The van der Waals surface area contributed by atoms with Gasteiger partial charge in [-0.25, -0.2) is 13.2 Å². The van der Waals surface area contributed by atoms with Crippen molar-refractivity contribution in [3.63, 3.8) is 0 Å². The van der Waals surface area contributed by atoms with Gasteiger partial charge in [0.1, 0.15) is 11.9 Å². The van der Waals surface area contributed by atoms with Gasteiger partial charge >= 0.3 is 5.97 Å². The summed E-state index contributed by atoms with van der Waals surface area (Å²) in [5.41, 5.74) is 4.67. The van der Waals surface area contributed by atoms with E-state index >= 15 is 0 Å². The summed E-state index contributed by atoms with van der Waals surface area (Å²) in [6.45, 7) is 0. The van der Waals surface area contributed by atoms with E-state index < -0.39 is 35.0 Å². The van der Waals surface area contributed by atoms with Crippen molar-refractivity contribution in [1.29, 1.82) is 0 Å². The number of rotatable bonds is 2. The zero-order valence-electron chi connectivity index (χ0n) is 7.76. The Morgan fingerprint density at radius 3 is 2.53 bits per heavy atom. The summed E-state index contributed by atoms with van der Waals surface area (Å²) in [6.07, 6.45) is 0. The molecule has 0 saturated carbocycles. The summed E-state index contributed by atoms with van der Waals surface area (Å²) in [6, 6.07) is -0.525. The monoisotopic (exact) mass is 219 g/mol. The summed E-state index contributed by atoms with van der Waals surface area (Å²) in [5.74, 6) is -4.74. The van der Waals surface area contributed by atoms with Gasteiger partial charge in [0.2, 0.25) is 0 Å². The molecule has 0 bridgehead atoms. The van der Waals surface area contributed by atoms with E-state index in [0.29, 0.717) is 12.1 Å². The van der Waals surface area contributed by atoms with Crippen molar-refractivity contribution < 1.29 is 22.7 Å². The third-order valence-electron chi connectivity index (χ3n) is 1.81. The van der Waals surface area contributed by atoms with Crippen molar-refractivity contribution in [2.45, 2.75) is 6.04 Å². The molecule has 0 saturated heterocycles. The van der Waals surface area contributed by atoms with Gasteiger partial charge in [-0.05, 0) is 6.07 Å². The Bertz CT molecular complexity index is 395. The predicted molar refractivity (Wildman–Crippen MR) is 45.3 cm³/mol. The van der Waals surface area contributed by atoms with Crippen LogP contribution in [0.4, 0.5) is 13.2 Å². The van der Waals surface area contributed by atoms with E-state index in [1.54, 1.807) is 0 Å². The molecule has 1 aromatic carbocycles. The number of esters is 1. The summed E-state index contributed by atoms with van der Waals surface area (Å²) in [4.78, 5) is 10.9. The summed E-state index contributed by atoms with van der Waals surface area (Å²) < 4.78 is 42.8.